The number of hydrogen-bond donors (Lipinski definition) is 0. The van der Waals surface area contributed by atoms with Gasteiger partial charge in [-0.2, -0.15) is 18.2 Å². The van der Waals surface area contributed by atoms with Gasteiger partial charge in [0.2, 0.25) is 5.88 Å². The van der Waals surface area contributed by atoms with E-state index in [1.807, 2.05) is 0 Å². The zero-order chi connectivity index (χ0) is 20.9. The summed E-state index contributed by atoms with van der Waals surface area (Å²) in [7, 11) is 1.46. The van der Waals surface area contributed by atoms with Crippen LogP contribution in [0.15, 0.2) is 36.5 Å². The Balaban J connectivity index is 1.46. The summed E-state index contributed by atoms with van der Waals surface area (Å²) in [6.07, 6.45) is -1.84. The standard InChI is InChI=1S/C19H20F3N3O4/c1-27-18-23-8-5-16(24-18)29-14-6-9-25(10-7-14)17(26)12-28-15-4-2-3-13(11-15)19(20,21)22/h2-5,8,11,14H,6-7,9-10,12H2,1H3. The summed E-state index contributed by atoms with van der Waals surface area (Å²) in [6, 6.07) is 6.30. The maximum Gasteiger partial charge on any atom is 0.416 e. The summed E-state index contributed by atoms with van der Waals surface area (Å²) >= 11 is 0. The molecule has 0 aliphatic carbocycles. The van der Waals surface area contributed by atoms with Crippen molar-refractivity contribution in [3.8, 4) is 17.6 Å². The second-order valence-electron chi connectivity index (χ2n) is 6.39. The number of rotatable bonds is 6. The fourth-order valence-corrected chi connectivity index (χ4v) is 2.88. The molecule has 7 nitrogen and oxygen atoms in total. The number of hydrogen-bond acceptors (Lipinski definition) is 6. The first-order valence-corrected chi connectivity index (χ1v) is 8.96. The van der Waals surface area contributed by atoms with Crippen LogP contribution in [0.2, 0.25) is 0 Å². The molecule has 10 heteroatoms. The molecule has 1 amide bonds. The van der Waals surface area contributed by atoms with Gasteiger partial charge in [0, 0.05) is 38.2 Å². The van der Waals surface area contributed by atoms with Crippen LogP contribution >= 0.6 is 0 Å². The molecule has 2 heterocycles. The molecule has 1 aliphatic rings. The second kappa shape index (κ2) is 8.97. The van der Waals surface area contributed by atoms with Gasteiger partial charge in [0.25, 0.3) is 5.91 Å². The summed E-state index contributed by atoms with van der Waals surface area (Å²) in [5, 5.41) is 0. The topological polar surface area (TPSA) is 73.8 Å². The van der Waals surface area contributed by atoms with Crippen LogP contribution in [-0.2, 0) is 11.0 Å². The maximum absolute atomic E-state index is 12.7. The summed E-state index contributed by atoms with van der Waals surface area (Å²) in [5.74, 6) is 0.114. The van der Waals surface area contributed by atoms with Crippen LogP contribution in [-0.4, -0.2) is 53.7 Å². The number of ether oxygens (including phenoxy) is 3. The third-order valence-electron chi connectivity index (χ3n) is 4.40. The van der Waals surface area contributed by atoms with E-state index < -0.39 is 11.7 Å². The van der Waals surface area contributed by atoms with Crippen LogP contribution in [0.25, 0.3) is 0 Å². The summed E-state index contributed by atoms with van der Waals surface area (Å²) in [4.78, 5) is 21.9. The van der Waals surface area contributed by atoms with Crippen molar-refractivity contribution in [2.24, 2.45) is 0 Å². The Labute approximate surface area is 165 Å². The number of halogens is 3. The minimum absolute atomic E-state index is 0.00380. The number of piperidine rings is 1. The molecular weight excluding hydrogens is 391 g/mol. The van der Waals surface area contributed by atoms with Crippen molar-refractivity contribution in [2.45, 2.75) is 25.1 Å². The van der Waals surface area contributed by atoms with Gasteiger partial charge in [-0.05, 0) is 18.2 Å². The van der Waals surface area contributed by atoms with Crippen molar-refractivity contribution in [1.82, 2.24) is 14.9 Å². The molecule has 0 bridgehead atoms. The van der Waals surface area contributed by atoms with E-state index in [9.17, 15) is 18.0 Å². The fourth-order valence-electron chi connectivity index (χ4n) is 2.88. The van der Waals surface area contributed by atoms with Gasteiger partial charge in [0.15, 0.2) is 6.61 Å². The van der Waals surface area contributed by atoms with E-state index in [1.165, 1.54) is 25.4 Å². The highest BCUT2D eigenvalue weighted by atomic mass is 19.4. The number of likely N-dealkylation sites (tertiary alicyclic amines) is 1. The van der Waals surface area contributed by atoms with Crippen LogP contribution in [0.4, 0.5) is 13.2 Å². The first-order valence-electron chi connectivity index (χ1n) is 8.96. The highest BCUT2D eigenvalue weighted by molar-refractivity contribution is 5.77. The molecule has 0 unspecified atom stereocenters. The third kappa shape index (κ3) is 5.72. The monoisotopic (exact) mass is 411 g/mol. The van der Waals surface area contributed by atoms with Gasteiger partial charge in [0.1, 0.15) is 11.9 Å². The molecule has 1 saturated heterocycles. The second-order valence-corrected chi connectivity index (χ2v) is 6.39. The number of alkyl halides is 3. The lowest BCUT2D eigenvalue weighted by Crippen LogP contribution is -2.43. The molecule has 1 fully saturated rings. The van der Waals surface area contributed by atoms with Gasteiger partial charge in [-0.25, -0.2) is 4.98 Å². The lowest BCUT2D eigenvalue weighted by Gasteiger charge is -2.31. The van der Waals surface area contributed by atoms with Crippen molar-refractivity contribution < 1.29 is 32.2 Å². The highest BCUT2D eigenvalue weighted by Gasteiger charge is 2.31. The highest BCUT2D eigenvalue weighted by Crippen LogP contribution is 2.31. The molecule has 0 saturated carbocycles. The minimum Gasteiger partial charge on any atom is -0.484 e. The fraction of sp³-hybridized carbons (Fsp3) is 0.421. The number of nitrogens with zero attached hydrogens (tertiary/aromatic N) is 3. The average Bonchev–Trinajstić information content (AvgIpc) is 2.72. The Morgan fingerprint density at radius 2 is 2.00 bits per heavy atom. The lowest BCUT2D eigenvalue weighted by atomic mass is 10.1. The lowest BCUT2D eigenvalue weighted by molar-refractivity contribution is -0.137. The van der Waals surface area contributed by atoms with Gasteiger partial charge in [-0.15, -0.1) is 0 Å². The van der Waals surface area contributed by atoms with Crippen LogP contribution in [0.3, 0.4) is 0 Å². The van der Waals surface area contributed by atoms with Gasteiger partial charge < -0.3 is 19.1 Å². The smallest absolute Gasteiger partial charge is 0.416 e. The normalized spacial score (nSPS) is 15.1. The zero-order valence-electron chi connectivity index (χ0n) is 15.7. The number of carbonyl (C=O) groups is 1. The zero-order valence-corrected chi connectivity index (χ0v) is 15.7. The third-order valence-corrected chi connectivity index (χ3v) is 4.40. The van der Waals surface area contributed by atoms with E-state index in [0.717, 1.165) is 12.1 Å². The average molecular weight is 411 g/mol. The molecule has 2 aromatic rings. The predicted molar refractivity (Wildman–Crippen MR) is 95.8 cm³/mol. The van der Waals surface area contributed by atoms with Crippen LogP contribution in [0.5, 0.6) is 17.6 Å². The largest absolute Gasteiger partial charge is 0.484 e. The first-order chi connectivity index (χ1) is 13.8. The van der Waals surface area contributed by atoms with E-state index in [0.29, 0.717) is 31.8 Å². The SMILES string of the molecule is COc1nccc(OC2CCN(C(=O)COc3cccc(C(F)(F)F)c3)CC2)n1. The van der Waals surface area contributed by atoms with Crippen molar-refractivity contribution in [3.05, 3.63) is 42.1 Å². The van der Waals surface area contributed by atoms with E-state index in [1.54, 1.807) is 11.0 Å². The Morgan fingerprint density at radius 1 is 1.24 bits per heavy atom. The van der Waals surface area contributed by atoms with Gasteiger partial charge in [-0.3, -0.25) is 4.79 Å². The molecule has 1 aliphatic heterocycles. The first kappa shape index (κ1) is 20.7. The minimum atomic E-state index is -4.46. The van der Waals surface area contributed by atoms with E-state index in [-0.39, 0.29) is 30.4 Å². The van der Waals surface area contributed by atoms with E-state index >= 15 is 0 Å². The molecule has 0 spiro atoms. The maximum atomic E-state index is 12.7. The predicted octanol–water partition coefficient (Wildman–Crippen LogP) is 2.95. The molecule has 1 aromatic heterocycles. The summed E-state index contributed by atoms with van der Waals surface area (Å²) in [5.41, 5.74) is -0.818. The Bertz CT molecular complexity index is 839. The number of carbonyl (C=O) groups excluding carboxylic acids is 1. The molecular formula is C19H20F3N3O4. The molecule has 29 heavy (non-hydrogen) atoms. The molecule has 0 N–H and O–H groups in total. The number of aromatic nitrogens is 2. The van der Waals surface area contributed by atoms with Crippen molar-refractivity contribution in [2.75, 3.05) is 26.8 Å². The number of benzene rings is 1. The molecule has 0 atom stereocenters. The Morgan fingerprint density at radius 3 is 2.69 bits per heavy atom. The molecule has 3 rings (SSSR count). The quantitative estimate of drug-likeness (QED) is 0.728. The Hall–Kier alpha value is -3.04. The molecule has 1 aromatic carbocycles. The van der Waals surface area contributed by atoms with E-state index in [2.05, 4.69) is 9.97 Å². The van der Waals surface area contributed by atoms with E-state index in [4.69, 9.17) is 14.2 Å². The van der Waals surface area contributed by atoms with Crippen LogP contribution in [0.1, 0.15) is 18.4 Å². The summed E-state index contributed by atoms with van der Waals surface area (Å²) in [6.45, 7) is 0.589. The number of methoxy groups -OCH3 is 1. The molecule has 0 radical (unpaired) electrons. The Kier molecular flexibility index (Phi) is 6.40. The van der Waals surface area contributed by atoms with Crippen LogP contribution in [0, 0.1) is 0 Å². The molecule has 156 valence electrons. The van der Waals surface area contributed by atoms with Gasteiger partial charge in [-0.1, -0.05) is 6.07 Å². The summed E-state index contributed by atoms with van der Waals surface area (Å²) < 4.78 is 54.2. The number of amides is 1. The van der Waals surface area contributed by atoms with Crippen molar-refractivity contribution >= 4 is 5.91 Å². The van der Waals surface area contributed by atoms with Crippen molar-refractivity contribution in [3.63, 3.8) is 0 Å². The van der Waals surface area contributed by atoms with Crippen molar-refractivity contribution in [1.29, 1.82) is 0 Å². The van der Waals surface area contributed by atoms with Gasteiger partial charge >= 0.3 is 12.2 Å². The van der Waals surface area contributed by atoms with Crippen LogP contribution < -0.4 is 14.2 Å². The van der Waals surface area contributed by atoms with Gasteiger partial charge in [0.05, 0.1) is 12.7 Å².